The van der Waals surface area contributed by atoms with E-state index in [1.807, 2.05) is 48.8 Å². The molecule has 0 bridgehead atoms. The molecule has 0 saturated carbocycles. The molecule has 0 radical (unpaired) electrons. The molecule has 244 valence electrons. The predicted octanol–water partition coefficient (Wildman–Crippen LogP) is 2.19. The molecule has 2 aromatic heterocycles. The van der Waals surface area contributed by atoms with Crippen LogP contribution in [-0.4, -0.2) is 105 Å². The van der Waals surface area contributed by atoms with Gasteiger partial charge in [-0.05, 0) is 25.0 Å². The molecule has 46 heavy (non-hydrogen) atoms. The molecule has 2 aromatic carbocycles. The van der Waals surface area contributed by atoms with Crippen LogP contribution in [0.15, 0.2) is 73.6 Å². The van der Waals surface area contributed by atoms with Gasteiger partial charge in [-0.1, -0.05) is 48.5 Å². The van der Waals surface area contributed by atoms with E-state index in [1.54, 1.807) is 26.5 Å². The van der Waals surface area contributed by atoms with Crippen molar-refractivity contribution in [3.05, 3.63) is 84.7 Å². The van der Waals surface area contributed by atoms with E-state index in [9.17, 15) is 27.0 Å². The topological polar surface area (TPSA) is 151 Å². The lowest BCUT2D eigenvalue weighted by Crippen LogP contribution is -2.31. The largest absolute Gasteiger partial charge is 0.391 e. The number of β-amino-alcohol motifs (C(OH)–C–C–N with tert-alkyl or cyclic N) is 2. The van der Waals surface area contributed by atoms with E-state index in [0.29, 0.717) is 13.1 Å². The van der Waals surface area contributed by atoms with Gasteiger partial charge in [0.05, 0.1) is 72.2 Å². The highest BCUT2D eigenvalue weighted by atomic mass is 32.2. The summed E-state index contributed by atoms with van der Waals surface area (Å²) >= 11 is 0. The van der Waals surface area contributed by atoms with Crippen molar-refractivity contribution in [2.45, 2.75) is 38.1 Å². The van der Waals surface area contributed by atoms with Crippen LogP contribution >= 0.6 is 0 Å². The molecule has 2 saturated heterocycles. The summed E-state index contributed by atoms with van der Waals surface area (Å²) in [6, 6.07) is 16.0. The fourth-order valence-corrected chi connectivity index (χ4v) is 9.90. The molecule has 8 rings (SSSR count). The number of hydrogen-bond donors (Lipinski definition) is 2. The quantitative estimate of drug-likeness (QED) is 0.318. The summed E-state index contributed by atoms with van der Waals surface area (Å²) in [5.74, 6) is -0.227. The number of hydrogen-bond acceptors (Lipinski definition) is 8. The Labute approximate surface area is 269 Å². The van der Waals surface area contributed by atoms with E-state index < -0.39 is 32.3 Å². The van der Waals surface area contributed by atoms with Gasteiger partial charge in [0, 0.05) is 49.1 Å². The van der Waals surface area contributed by atoms with Gasteiger partial charge in [0.2, 0.25) is 20.0 Å². The molecule has 6 heterocycles. The Hall–Kier alpha value is -3.40. The molecule has 4 aliphatic rings. The molecule has 6 atom stereocenters. The number of aliphatic hydroxyl groups is 2. The van der Waals surface area contributed by atoms with Crippen LogP contribution in [0.4, 0.5) is 0 Å². The zero-order chi connectivity index (χ0) is 32.4. The first-order valence-electron chi connectivity index (χ1n) is 15.6. The minimum absolute atomic E-state index is 0.0595. The molecule has 4 aliphatic heterocycles. The fourth-order valence-electron chi connectivity index (χ4n) is 7.61. The first-order valence-corrected chi connectivity index (χ1v) is 18.8. The summed E-state index contributed by atoms with van der Waals surface area (Å²) in [6.45, 7) is 4.29. The fraction of sp³-hybridized carbons (Fsp3) is 0.438. The van der Waals surface area contributed by atoms with Crippen LogP contribution in [0.1, 0.15) is 37.1 Å². The van der Waals surface area contributed by atoms with Gasteiger partial charge in [-0.15, -0.1) is 0 Å². The zero-order valence-corrected chi connectivity index (χ0v) is 27.3. The number of aromatic nitrogens is 4. The van der Waals surface area contributed by atoms with Gasteiger partial charge in [-0.25, -0.2) is 26.8 Å². The summed E-state index contributed by atoms with van der Waals surface area (Å²) in [7, 11) is -6.57. The van der Waals surface area contributed by atoms with Crippen LogP contribution in [0.3, 0.4) is 0 Å². The first-order chi connectivity index (χ1) is 22.1. The van der Waals surface area contributed by atoms with Crippen LogP contribution in [-0.2, 0) is 20.0 Å². The molecule has 0 aliphatic carbocycles. The zero-order valence-electron chi connectivity index (χ0n) is 25.7. The number of rotatable bonds is 6. The molecule has 2 N–H and O–H groups in total. The van der Waals surface area contributed by atoms with Crippen LogP contribution in [0.2, 0.25) is 0 Å². The lowest BCUT2D eigenvalue weighted by atomic mass is 9.90. The van der Waals surface area contributed by atoms with Crippen molar-refractivity contribution in [3.63, 3.8) is 0 Å². The van der Waals surface area contributed by atoms with E-state index in [-0.39, 0.29) is 48.5 Å². The maximum absolute atomic E-state index is 12.1. The van der Waals surface area contributed by atoms with Crippen molar-refractivity contribution < 1.29 is 27.0 Å². The molecule has 0 amide bonds. The summed E-state index contributed by atoms with van der Waals surface area (Å²) in [4.78, 5) is 8.45. The average Bonchev–Trinajstić information content (AvgIpc) is 3.89. The highest BCUT2D eigenvalue weighted by Gasteiger charge is 2.46. The van der Waals surface area contributed by atoms with Gasteiger partial charge in [0.25, 0.3) is 0 Å². The van der Waals surface area contributed by atoms with Crippen LogP contribution in [0.25, 0.3) is 22.5 Å². The Kier molecular flexibility index (Phi) is 7.93. The van der Waals surface area contributed by atoms with Crippen LogP contribution in [0, 0.1) is 11.8 Å². The smallest absolute Gasteiger partial charge is 0.213 e. The summed E-state index contributed by atoms with van der Waals surface area (Å²) in [5, 5.41) is 21.1. The van der Waals surface area contributed by atoms with Gasteiger partial charge >= 0.3 is 0 Å². The van der Waals surface area contributed by atoms with Crippen LogP contribution < -0.4 is 0 Å². The van der Waals surface area contributed by atoms with Crippen molar-refractivity contribution in [1.82, 2.24) is 27.7 Å². The normalized spacial score (nSPS) is 27.1. The Morgan fingerprint density at radius 1 is 0.652 bits per heavy atom. The SMILES string of the molecule is CCS(=O)(=O)N1C[C@@H]([C@H]2c3ccccc3-c3cncn32)[C@H](O)C1.CCS(=O)(=O)N1C[C@H]([C@H]2c3ccccc3-c3cncn32)[C@@H](O)C1. The number of sulfonamides is 2. The Morgan fingerprint density at radius 3 is 1.43 bits per heavy atom. The highest BCUT2D eigenvalue weighted by Crippen LogP contribution is 2.47. The Morgan fingerprint density at radius 2 is 1.04 bits per heavy atom. The summed E-state index contributed by atoms with van der Waals surface area (Å²) < 4.78 is 55.5. The van der Waals surface area contributed by atoms with Crippen molar-refractivity contribution in [2.75, 3.05) is 37.7 Å². The van der Waals surface area contributed by atoms with Crippen LogP contribution in [0.5, 0.6) is 0 Å². The lowest BCUT2D eigenvalue weighted by Gasteiger charge is -2.24. The van der Waals surface area contributed by atoms with Crippen molar-refractivity contribution in [1.29, 1.82) is 0 Å². The van der Waals surface area contributed by atoms with E-state index in [4.69, 9.17) is 0 Å². The summed E-state index contributed by atoms with van der Waals surface area (Å²) in [5.41, 5.74) is 6.52. The third kappa shape index (κ3) is 5.02. The van der Waals surface area contributed by atoms with E-state index in [1.165, 1.54) is 8.61 Å². The van der Waals surface area contributed by atoms with E-state index in [0.717, 1.165) is 33.6 Å². The van der Waals surface area contributed by atoms with Crippen molar-refractivity contribution in [3.8, 4) is 22.5 Å². The van der Waals surface area contributed by atoms with Gasteiger partial charge in [-0.3, -0.25) is 0 Å². The highest BCUT2D eigenvalue weighted by molar-refractivity contribution is 7.89. The molecule has 2 fully saturated rings. The Bertz CT molecular complexity index is 1830. The number of benzene rings is 2. The number of nitrogens with zero attached hydrogens (tertiary/aromatic N) is 6. The van der Waals surface area contributed by atoms with Gasteiger partial charge in [-0.2, -0.15) is 8.61 Å². The molecule has 0 spiro atoms. The third-order valence-corrected chi connectivity index (χ3v) is 13.6. The maximum atomic E-state index is 12.1. The number of imidazole rings is 2. The van der Waals surface area contributed by atoms with Crippen molar-refractivity contribution >= 4 is 20.0 Å². The standard InChI is InChI=1S/2C16H19N3O3S/c2*1-2-23(21,22)18-8-13(15(20)9-18)16-12-6-4-3-5-11(12)14-7-17-10-19(14)16/h2*3-7,10,13,15-16,20H,2,8-9H2,1H3/t13-,15-,16+;13-,15-,16-/m01/s1. The number of fused-ring (bicyclic) bond motifs is 6. The minimum Gasteiger partial charge on any atom is -0.391 e. The lowest BCUT2D eigenvalue weighted by molar-refractivity contribution is 0.126. The molecule has 12 nitrogen and oxygen atoms in total. The second kappa shape index (κ2) is 11.7. The average molecular weight is 667 g/mol. The second-order valence-corrected chi connectivity index (χ2v) is 16.8. The summed E-state index contributed by atoms with van der Waals surface area (Å²) in [6.07, 6.45) is 5.82. The third-order valence-electron chi connectivity index (χ3n) is 9.97. The molecule has 14 heteroatoms. The monoisotopic (exact) mass is 666 g/mol. The second-order valence-electron chi connectivity index (χ2n) is 12.3. The first kappa shape index (κ1) is 31.2. The Balaban J connectivity index is 0.000000147. The number of aliphatic hydroxyl groups excluding tert-OH is 2. The molecular weight excluding hydrogens is 629 g/mol. The van der Waals surface area contributed by atoms with Gasteiger partial charge in [0.1, 0.15) is 0 Å². The predicted molar refractivity (Wildman–Crippen MR) is 173 cm³/mol. The van der Waals surface area contributed by atoms with E-state index in [2.05, 4.69) is 31.2 Å². The maximum Gasteiger partial charge on any atom is 0.213 e. The van der Waals surface area contributed by atoms with Gasteiger partial charge < -0.3 is 19.3 Å². The van der Waals surface area contributed by atoms with E-state index >= 15 is 0 Å². The molecule has 0 unspecified atom stereocenters. The molecule has 4 aromatic rings. The molecular formula is C32H38N6O6S2. The minimum atomic E-state index is -3.29. The van der Waals surface area contributed by atoms with Crippen molar-refractivity contribution in [2.24, 2.45) is 11.8 Å². The van der Waals surface area contributed by atoms with Gasteiger partial charge in [0.15, 0.2) is 0 Å².